The molecule has 20 heavy (non-hydrogen) atoms. The average molecular weight is 329 g/mol. The number of benzene rings is 2. The van der Waals surface area contributed by atoms with Crippen LogP contribution in [-0.2, 0) is 0 Å². The first-order valence-corrected chi connectivity index (χ1v) is 7.17. The Morgan fingerprint density at radius 1 is 1.15 bits per heavy atom. The normalized spacial score (nSPS) is 12.5. The molecule has 0 fully saturated rings. The van der Waals surface area contributed by atoms with Gasteiger partial charge in [0.1, 0.15) is 0 Å². The van der Waals surface area contributed by atoms with Crippen molar-refractivity contribution in [3.8, 4) is 0 Å². The molecular formula is C16H13BrN2O. The van der Waals surface area contributed by atoms with E-state index in [9.17, 15) is 4.79 Å². The molecule has 3 rings (SSSR count). The van der Waals surface area contributed by atoms with Crippen molar-refractivity contribution in [3.05, 3.63) is 64.9 Å². The number of carbonyl (C=O) groups is 1. The zero-order valence-electron chi connectivity index (χ0n) is 11.0. The highest BCUT2D eigenvalue weighted by atomic mass is 79.9. The SMILES string of the molecule is CC(C(=O)c1ccc(Br)cc1)n1cnc2ccccc21. The van der Waals surface area contributed by atoms with Gasteiger partial charge in [-0.05, 0) is 31.2 Å². The topological polar surface area (TPSA) is 34.9 Å². The van der Waals surface area contributed by atoms with Crippen LogP contribution in [0.15, 0.2) is 59.3 Å². The molecule has 0 spiro atoms. The maximum absolute atomic E-state index is 12.5. The molecule has 2 aromatic carbocycles. The number of ketones is 1. The van der Waals surface area contributed by atoms with Gasteiger partial charge in [-0.1, -0.05) is 40.2 Å². The Morgan fingerprint density at radius 2 is 1.85 bits per heavy atom. The molecule has 1 unspecified atom stereocenters. The molecule has 0 saturated carbocycles. The van der Waals surface area contributed by atoms with Gasteiger partial charge in [0.25, 0.3) is 0 Å². The third kappa shape index (κ3) is 2.27. The second kappa shape index (κ2) is 5.21. The number of para-hydroxylation sites is 2. The van der Waals surface area contributed by atoms with E-state index in [4.69, 9.17) is 0 Å². The Hall–Kier alpha value is -1.94. The van der Waals surface area contributed by atoms with Crippen molar-refractivity contribution in [2.45, 2.75) is 13.0 Å². The van der Waals surface area contributed by atoms with Crippen LogP contribution in [0, 0.1) is 0 Å². The highest BCUT2D eigenvalue weighted by Gasteiger charge is 2.18. The van der Waals surface area contributed by atoms with E-state index in [1.807, 2.05) is 60.0 Å². The number of nitrogens with zero attached hydrogens (tertiary/aromatic N) is 2. The van der Waals surface area contributed by atoms with Gasteiger partial charge in [-0.25, -0.2) is 4.98 Å². The summed E-state index contributed by atoms with van der Waals surface area (Å²) in [6.45, 7) is 1.90. The maximum Gasteiger partial charge on any atom is 0.185 e. The number of Topliss-reactive ketones (excluding diaryl/α,β-unsaturated/α-hetero) is 1. The van der Waals surface area contributed by atoms with Crippen molar-refractivity contribution in [2.24, 2.45) is 0 Å². The average Bonchev–Trinajstić information content (AvgIpc) is 2.90. The first kappa shape index (κ1) is 13.1. The lowest BCUT2D eigenvalue weighted by atomic mass is 10.1. The standard InChI is InChI=1S/C16H13BrN2O/c1-11(16(20)12-6-8-13(17)9-7-12)19-10-18-14-4-2-3-5-15(14)19/h2-11H,1H3. The number of rotatable bonds is 3. The minimum absolute atomic E-state index is 0.0839. The Labute approximate surface area is 125 Å². The molecule has 100 valence electrons. The van der Waals surface area contributed by atoms with Crippen LogP contribution in [0.4, 0.5) is 0 Å². The van der Waals surface area contributed by atoms with E-state index in [-0.39, 0.29) is 11.8 Å². The zero-order chi connectivity index (χ0) is 14.1. The lowest BCUT2D eigenvalue weighted by Crippen LogP contribution is -2.15. The summed E-state index contributed by atoms with van der Waals surface area (Å²) in [5, 5.41) is 0. The number of fused-ring (bicyclic) bond motifs is 1. The van der Waals surface area contributed by atoms with E-state index < -0.39 is 0 Å². The summed E-state index contributed by atoms with van der Waals surface area (Å²) in [6.07, 6.45) is 1.73. The minimum atomic E-state index is -0.274. The molecule has 0 amide bonds. The van der Waals surface area contributed by atoms with Gasteiger partial charge in [0, 0.05) is 10.0 Å². The highest BCUT2D eigenvalue weighted by molar-refractivity contribution is 9.10. The van der Waals surface area contributed by atoms with E-state index in [1.165, 1.54) is 0 Å². The number of hydrogen-bond acceptors (Lipinski definition) is 2. The first-order valence-electron chi connectivity index (χ1n) is 6.38. The van der Waals surface area contributed by atoms with Crippen LogP contribution in [0.3, 0.4) is 0 Å². The van der Waals surface area contributed by atoms with Gasteiger partial charge < -0.3 is 4.57 Å². The van der Waals surface area contributed by atoms with Crippen molar-refractivity contribution in [1.29, 1.82) is 0 Å². The summed E-state index contributed by atoms with van der Waals surface area (Å²) in [7, 11) is 0. The van der Waals surface area contributed by atoms with Crippen molar-refractivity contribution < 1.29 is 4.79 Å². The summed E-state index contributed by atoms with van der Waals surface area (Å²) in [6, 6.07) is 15.0. The molecule has 1 heterocycles. The molecule has 0 aliphatic carbocycles. The Kier molecular flexibility index (Phi) is 3.40. The molecule has 0 aliphatic rings. The highest BCUT2D eigenvalue weighted by Crippen LogP contribution is 2.21. The fourth-order valence-corrected chi connectivity index (χ4v) is 2.53. The van der Waals surface area contributed by atoms with E-state index in [1.54, 1.807) is 6.33 Å². The van der Waals surface area contributed by atoms with Gasteiger partial charge >= 0.3 is 0 Å². The number of carbonyl (C=O) groups excluding carboxylic acids is 1. The molecule has 4 heteroatoms. The van der Waals surface area contributed by atoms with Gasteiger partial charge in [0.05, 0.1) is 23.4 Å². The Morgan fingerprint density at radius 3 is 2.60 bits per heavy atom. The van der Waals surface area contributed by atoms with Crippen LogP contribution in [-0.4, -0.2) is 15.3 Å². The minimum Gasteiger partial charge on any atom is -0.320 e. The third-order valence-electron chi connectivity index (χ3n) is 3.41. The lowest BCUT2D eigenvalue weighted by molar-refractivity contribution is 0.0937. The van der Waals surface area contributed by atoms with Crippen LogP contribution in [0.1, 0.15) is 23.3 Å². The number of halogens is 1. The van der Waals surface area contributed by atoms with Crippen molar-refractivity contribution in [3.63, 3.8) is 0 Å². The largest absolute Gasteiger partial charge is 0.320 e. The van der Waals surface area contributed by atoms with E-state index in [2.05, 4.69) is 20.9 Å². The van der Waals surface area contributed by atoms with Gasteiger partial charge in [-0.2, -0.15) is 0 Å². The second-order valence-corrected chi connectivity index (χ2v) is 5.60. The molecule has 3 nitrogen and oxygen atoms in total. The van der Waals surface area contributed by atoms with Crippen molar-refractivity contribution in [1.82, 2.24) is 9.55 Å². The van der Waals surface area contributed by atoms with Crippen LogP contribution >= 0.6 is 15.9 Å². The van der Waals surface area contributed by atoms with Gasteiger partial charge in [0.2, 0.25) is 0 Å². The van der Waals surface area contributed by atoms with E-state index >= 15 is 0 Å². The zero-order valence-corrected chi connectivity index (χ0v) is 12.5. The summed E-state index contributed by atoms with van der Waals surface area (Å²) in [4.78, 5) is 16.9. The first-order chi connectivity index (χ1) is 9.66. The molecule has 1 atom stereocenters. The third-order valence-corrected chi connectivity index (χ3v) is 3.94. The fraction of sp³-hybridized carbons (Fsp3) is 0.125. The maximum atomic E-state index is 12.5. The van der Waals surface area contributed by atoms with E-state index in [0.717, 1.165) is 15.5 Å². The molecule has 1 aromatic heterocycles. The van der Waals surface area contributed by atoms with Crippen LogP contribution in [0.25, 0.3) is 11.0 Å². The molecule has 0 bridgehead atoms. The molecular weight excluding hydrogens is 316 g/mol. The van der Waals surface area contributed by atoms with Crippen molar-refractivity contribution in [2.75, 3.05) is 0 Å². The van der Waals surface area contributed by atoms with Crippen LogP contribution in [0.2, 0.25) is 0 Å². The molecule has 0 N–H and O–H groups in total. The van der Waals surface area contributed by atoms with Gasteiger partial charge in [-0.3, -0.25) is 4.79 Å². The molecule has 0 saturated heterocycles. The monoisotopic (exact) mass is 328 g/mol. The summed E-state index contributed by atoms with van der Waals surface area (Å²) < 4.78 is 2.88. The fourth-order valence-electron chi connectivity index (χ4n) is 2.27. The number of hydrogen-bond donors (Lipinski definition) is 0. The quantitative estimate of drug-likeness (QED) is 0.674. The number of imidazole rings is 1. The summed E-state index contributed by atoms with van der Waals surface area (Å²) in [5.74, 6) is 0.0839. The predicted octanol–water partition coefficient (Wildman–Crippen LogP) is 4.24. The predicted molar refractivity (Wildman–Crippen MR) is 82.9 cm³/mol. The van der Waals surface area contributed by atoms with E-state index in [0.29, 0.717) is 5.56 Å². The van der Waals surface area contributed by atoms with Crippen LogP contribution in [0.5, 0.6) is 0 Å². The summed E-state index contributed by atoms with van der Waals surface area (Å²) >= 11 is 3.38. The van der Waals surface area contributed by atoms with Crippen molar-refractivity contribution >= 4 is 32.7 Å². The Balaban J connectivity index is 1.97. The molecule has 3 aromatic rings. The lowest BCUT2D eigenvalue weighted by Gasteiger charge is -2.13. The van der Waals surface area contributed by atoms with Crippen LogP contribution < -0.4 is 0 Å². The molecule has 0 aliphatic heterocycles. The molecule has 0 radical (unpaired) electrons. The summed E-state index contributed by atoms with van der Waals surface area (Å²) in [5.41, 5.74) is 2.59. The van der Waals surface area contributed by atoms with Gasteiger partial charge in [-0.15, -0.1) is 0 Å². The number of aromatic nitrogens is 2. The van der Waals surface area contributed by atoms with Gasteiger partial charge in [0.15, 0.2) is 5.78 Å². The second-order valence-electron chi connectivity index (χ2n) is 4.69. The smallest absolute Gasteiger partial charge is 0.185 e. The Bertz CT molecular complexity index is 762.